The van der Waals surface area contributed by atoms with Crippen LogP contribution in [0.4, 0.5) is 0 Å². The molecule has 2 atom stereocenters. The van der Waals surface area contributed by atoms with E-state index >= 15 is 0 Å². The quantitative estimate of drug-likeness (QED) is 0.348. The lowest BCUT2D eigenvalue weighted by Crippen LogP contribution is -2.20. The third-order valence-corrected chi connectivity index (χ3v) is 6.55. The van der Waals surface area contributed by atoms with E-state index in [1.807, 2.05) is 0 Å². The van der Waals surface area contributed by atoms with E-state index in [0.29, 0.717) is 11.8 Å². The van der Waals surface area contributed by atoms with Crippen molar-refractivity contribution in [3.63, 3.8) is 0 Å². The molecular weight excluding hydrogens is 336 g/mol. The molecule has 2 bridgehead atoms. The van der Waals surface area contributed by atoms with Crippen molar-refractivity contribution in [2.24, 2.45) is 11.8 Å². The predicted octanol–water partition coefficient (Wildman–Crippen LogP) is 7.50. The van der Waals surface area contributed by atoms with E-state index in [2.05, 4.69) is 97.1 Å². The lowest BCUT2D eigenvalue weighted by molar-refractivity contribution is 0.557. The van der Waals surface area contributed by atoms with E-state index in [4.69, 9.17) is 0 Å². The number of hydrogen-bond acceptors (Lipinski definition) is 0. The molecule has 0 heteroatoms. The van der Waals surface area contributed by atoms with Crippen molar-refractivity contribution < 1.29 is 0 Å². The minimum absolute atomic E-state index is 0.518. The lowest BCUT2D eigenvalue weighted by Gasteiger charge is -2.36. The molecule has 0 heterocycles. The molecule has 0 fully saturated rings. The zero-order valence-corrected chi connectivity index (χ0v) is 15.8. The molecule has 0 unspecified atom stereocenters. The van der Waals surface area contributed by atoms with Gasteiger partial charge in [-0.2, -0.15) is 0 Å². The number of hydrogen-bond donors (Lipinski definition) is 0. The average molecular weight is 358 g/mol. The van der Waals surface area contributed by atoms with Crippen molar-refractivity contribution in [2.45, 2.75) is 12.8 Å². The molecule has 0 radical (unpaired) electrons. The van der Waals surface area contributed by atoms with Crippen LogP contribution in [0.2, 0.25) is 0 Å². The first-order valence-electron chi connectivity index (χ1n) is 10.3. The molecule has 0 saturated carbocycles. The highest BCUT2D eigenvalue weighted by atomic mass is 14.4. The largest absolute Gasteiger partial charge is 0.0726 e. The Labute approximate surface area is 165 Å². The van der Waals surface area contributed by atoms with Crippen LogP contribution in [0.15, 0.2) is 97.1 Å². The summed E-state index contributed by atoms with van der Waals surface area (Å²) in [7, 11) is 0. The van der Waals surface area contributed by atoms with Gasteiger partial charge in [0, 0.05) is 11.8 Å². The summed E-state index contributed by atoms with van der Waals surface area (Å²) in [6, 6.07) is 31.0. The van der Waals surface area contributed by atoms with Gasteiger partial charge in [0.2, 0.25) is 0 Å². The normalized spacial score (nSPS) is 21.0. The van der Waals surface area contributed by atoms with Crippen molar-refractivity contribution >= 4 is 32.7 Å². The number of benzene rings is 4. The van der Waals surface area contributed by atoms with Gasteiger partial charge in [-0.3, -0.25) is 0 Å². The van der Waals surface area contributed by atoms with E-state index in [0.717, 1.165) is 0 Å². The number of fused-ring (bicyclic) bond motifs is 3. The third kappa shape index (κ3) is 2.38. The third-order valence-electron chi connectivity index (χ3n) is 6.55. The Morgan fingerprint density at radius 3 is 1.36 bits per heavy atom. The topological polar surface area (TPSA) is 0 Å². The molecule has 28 heavy (non-hydrogen) atoms. The monoisotopic (exact) mass is 358 g/mol. The second-order valence-electron chi connectivity index (χ2n) is 8.09. The summed E-state index contributed by atoms with van der Waals surface area (Å²) >= 11 is 0. The molecule has 0 spiro atoms. The van der Waals surface area contributed by atoms with Crippen LogP contribution in [0.1, 0.15) is 24.0 Å². The molecular formula is C28H22. The molecule has 3 aliphatic carbocycles. The Kier molecular flexibility index (Phi) is 3.52. The summed E-state index contributed by atoms with van der Waals surface area (Å²) in [5.74, 6) is 1.04. The van der Waals surface area contributed by atoms with E-state index in [1.54, 1.807) is 0 Å². The summed E-state index contributed by atoms with van der Waals surface area (Å²) < 4.78 is 0. The van der Waals surface area contributed by atoms with Gasteiger partial charge < -0.3 is 0 Å². The Morgan fingerprint density at radius 1 is 0.464 bits per heavy atom. The SMILES string of the molecule is C1=C(c2cccc3ccccc23)[C@@H]2C=C(c3cccc4ccccc34)[C@H]1CC2. The summed E-state index contributed by atoms with van der Waals surface area (Å²) in [5.41, 5.74) is 5.89. The van der Waals surface area contributed by atoms with Crippen LogP contribution in [0.3, 0.4) is 0 Å². The first-order chi connectivity index (χ1) is 13.9. The number of rotatable bonds is 2. The number of allylic oxidation sites excluding steroid dienone is 4. The molecule has 7 rings (SSSR count). The summed E-state index contributed by atoms with van der Waals surface area (Å²) in [6.07, 6.45) is 7.64. The van der Waals surface area contributed by atoms with Gasteiger partial charge in [-0.15, -0.1) is 0 Å². The van der Waals surface area contributed by atoms with Crippen LogP contribution in [0, 0.1) is 11.8 Å². The van der Waals surface area contributed by atoms with Crippen molar-refractivity contribution in [3.05, 3.63) is 108 Å². The van der Waals surface area contributed by atoms with Gasteiger partial charge in [-0.25, -0.2) is 0 Å². The molecule has 3 aliphatic rings. The van der Waals surface area contributed by atoms with E-state index in [-0.39, 0.29) is 0 Å². The minimum Gasteiger partial charge on any atom is -0.0726 e. The van der Waals surface area contributed by atoms with Crippen LogP contribution in [-0.2, 0) is 0 Å². The predicted molar refractivity (Wildman–Crippen MR) is 120 cm³/mol. The Bertz CT molecular complexity index is 1160. The van der Waals surface area contributed by atoms with Crippen LogP contribution < -0.4 is 0 Å². The van der Waals surface area contributed by atoms with E-state index < -0.39 is 0 Å². The summed E-state index contributed by atoms with van der Waals surface area (Å²) in [5, 5.41) is 5.43. The molecule has 134 valence electrons. The van der Waals surface area contributed by atoms with Gasteiger partial charge in [0.15, 0.2) is 0 Å². The van der Waals surface area contributed by atoms with Crippen molar-refractivity contribution in [1.82, 2.24) is 0 Å². The summed E-state index contributed by atoms with van der Waals surface area (Å²) in [6.45, 7) is 0. The van der Waals surface area contributed by atoms with Gasteiger partial charge in [0.1, 0.15) is 0 Å². The first-order valence-corrected chi connectivity index (χ1v) is 10.3. The van der Waals surface area contributed by atoms with Crippen LogP contribution in [-0.4, -0.2) is 0 Å². The van der Waals surface area contributed by atoms with Crippen LogP contribution >= 0.6 is 0 Å². The fourth-order valence-corrected chi connectivity index (χ4v) is 5.23. The van der Waals surface area contributed by atoms with Gasteiger partial charge in [0.05, 0.1) is 0 Å². The van der Waals surface area contributed by atoms with Gasteiger partial charge in [0.25, 0.3) is 0 Å². The molecule has 4 aromatic carbocycles. The molecule has 0 N–H and O–H groups in total. The molecule has 0 amide bonds. The Morgan fingerprint density at radius 2 is 0.893 bits per heavy atom. The highest BCUT2D eigenvalue weighted by Crippen LogP contribution is 2.49. The average Bonchev–Trinajstić information content (AvgIpc) is 2.78. The molecule has 0 aliphatic heterocycles. The van der Waals surface area contributed by atoms with Gasteiger partial charge >= 0.3 is 0 Å². The zero-order valence-electron chi connectivity index (χ0n) is 15.8. The maximum Gasteiger partial charge on any atom is 0.00277 e. The van der Waals surface area contributed by atoms with Crippen molar-refractivity contribution in [1.29, 1.82) is 0 Å². The highest BCUT2D eigenvalue weighted by molar-refractivity contribution is 5.99. The van der Waals surface area contributed by atoms with Crippen LogP contribution in [0.25, 0.3) is 32.7 Å². The minimum atomic E-state index is 0.518. The highest BCUT2D eigenvalue weighted by Gasteiger charge is 2.32. The van der Waals surface area contributed by atoms with E-state index in [1.165, 1.54) is 56.7 Å². The molecule has 0 saturated heterocycles. The smallest absolute Gasteiger partial charge is 0.00277 e. The first kappa shape index (κ1) is 15.9. The second-order valence-corrected chi connectivity index (χ2v) is 8.09. The Balaban J connectivity index is 1.48. The molecule has 4 aromatic rings. The fourth-order valence-electron chi connectivity index (χ4n) is 5.23. The van der Waals surface area contributed by atoms with Crippen LogP contribution in [0.5, 0.6) is 0 Å². The maximum absolute atomic E-state index is 2.56. The fraction of sp³-hybridized carbons (Fsp3) is 0.143. The van der Waals surface area contributed by atoms with Crippen molar-refractivity contribution in [3.8, 4) is 0 Å². The zero-order chi connectivity index (χ0) is 18.5. The second kappa shape index (κ2) is 6.21. The van der Waals surface area contributed by atoms with E-state index in [9.17, 15) is 0 Å². The summed E-state index contributed by atoms with van der Waals surface area (Å²) in [4.78, 5) is 0. The lowest BCUT2D eigenvalue weighted by atomic mass is 9.68. The van der Waals surface area contributed by atoms with Gasteiger partial charge in [-0.1, -0.05) is 97.1 Å². The standard InChI is InChI=1S/C28H22/c1-3-11-23-19(7-1)9-5-13-25(23)27-17-22-16-15-21(27)18-28(22)26-14-6-10-20-8-2-4-12-24(20)26/h1-14,17-18,21-22H,15-16H2/t21-,22-/m0/s1. The molecule has 0 aromatic heterocycles. The van der Waals surface area contributed by atoms with Crippen molar-refractivity contribution in [2.75, 3.05) is 0 Å². The molecule has 0 nitrogen and oxygen atoms in total. The van der Waals surface area contributed by atoms with Gasteiger partial charge in [-0.05, 0) is 56.7 Å². The Hall–Kier alpha value is -3.12. The maximum atomic E-state index is 2.56.